The molecule has 2 aromatic rings. The van der Waals surface area contributed by atoms with E-state index in [9.17, 15) is 8.42 Å². The van der Waals surface area contributed by atoms with Gasteiger partial charge in [-0.3, -0.25) is 4.68 Å². The number of hydrogen-bond acceptors (Lipinski definition) is 4. The number of primary sulfonamides is 1. The van der Waals surface area contributed by atoms with Gasteiger partial charge in [-0.2, -0.15) is 5.10 Å². The van der Waals surface area contributed by atoms with Crippen molar-refractivity contribution in [2.24, 2.45) is 12.2 Å². The van der Waals surface area contributed by atoms with E-state index in [1.165, 1.54) is 11.7 Å². The van der Waals surface area contributed by atoms with E-state index in [-0.39, 0.29) is 11.6 Å². The summed E-state index contributed by atoms with van der Waals surface area (Å²) in [6.45, 7) is 3.82. The molecule has 2 rings (SSSR count). The Balaban J connectivity index is 2.77. The zero-order chi connectivity index (χ0) is 13.3. The van der Waals surface area contributed by atoms with Crippen LogP contribution in [0.15, 0.2) is 35.9 Å². The van der Waals surface area contributed by atoms with Gasteiger partial charge in [-0.15, -0.1) is 0 Å². The van der Waals surface area contributed by atoms with Crippen molar-refractivity contribution in [3.63, 3.8) is 0 Å². The molecule has 0 fully saturated rings. The van der Waals surface area contributed by atoms with Crippen molar-refractivity contribution in [2.75, 3.05) is 6.61 Å². The molecule has 0 unspecified atom stereocenters. The van der Waals surface area contributed by atoms with Crippen molar-refractivity contribution < 1.29 is 13.2 Å². The van der Waals surface area contributed by atoms with Crippen LogP contribution in [-0.4, -0.2) is 24.8 Å². The van der Waals surface area contributed by atoms with Gasteiger partial charge in [-0.05, 0) is 12.1 Å². The summed E-state index contributed by atoms with van der Waals surface area (Å²) < 4.78 is 29.9. The Hall–Kier alpha value is -1.86. The SMILES string of the molecule is C=CCOc1cccc2nn(C)c(S(N)(=O)=O)c12. The summed E-state index contributed by atoms with van der Waals surface area (Å²) in [5, 5.41) is 9.64. The van der Waals surface area contributed by atoms with E-state index >= 15 is 0 Å². The third-order valence-electron chi connectivity index (χ3n) is 2.40. The van der Waals surface area contributed by atoms with Gasteiger partial charge >= 0.3 is 0 Å². The molecule has 0 atom stereocenters. The van der Waals surface area contributed by atoms with Gasteiger partial charge in [-0.1, -0.05) is 18.7 Å². The number of aromatic nitrogens is 2. The van der Waals surface area contributed by atoms with Crippen molar-refractivity contribution in [3.05, 3.63) is 30.9 Å². The lowest BCUT2D eigenvalue weighted by Crippen LogP contribution is -2.16. The first-order valence-electron chi connectivity index (χ1n) is 5.17. The molecule has 0 saturated carbocycles. The lowest BCUT2D eigenvalue weighted by Gasteiger charge is -2.05. The van der Waals surface area contributed by atoms with E-state index in [0.717, 1.165) is 0 Å². The first-order valence-corrected chi connectivity index (χ1v) is 6.72. The predicted molar refractivity (Wildman–Crippen MR) is 67.8 cm³/mol. The first kappa shape index (κ1) is 12.6. The van der Waals surface area contributed by atoms with Crippen LogP contribution in [0.5, 0.6) is 5.75 Å². The minimum absolute atomic E-state index is 0.0582. The second-order valence-corrected chi connectivity index (χ2v) is 5.20. The topological polar surface area (TPSA) is 87.2 Å². The normalized spacial score (nSPS) is 11.7. The van der Waals surface area contributed by atoms with Crippen LogP contribution >= 0.6 is 0 Å². The summed E-state index contributed by atoms with van der Waals surface area (Å²) in [5.74, 6) is 0.421. The van der Waals surface area contributed by atoms with E-state index in [0.29, 0.717) is 16.7 Å². The average molecular weight is 267 g/mol. The van der Waals surface area contributed by atoms with Gasteiger partial charge in [0.2, 0.25) is 0 Å². The fraction of sp³-hybridized carbons (Fsp3) is 0.182. The molecule has 0 amide bonds. The van der Waals surface area contributed by atoms with Crippen LogP contribution in [0.1, 0.15) is 0 Å². The summed E-state index contributed by atoms with van der Waals surface area (Å²) in [6, 6.07) is 5.10. The molecule has 18 heavy (non-hydrogen) atoms. The Morgan fingerprint density at radius 3 is 2.89 bits per heavy atom. The molecule has 0 saturated heterocycles. The Morgan fingerprint density at radius 1 is 1.56 bits per heavy atom. The highest BCUT2D eigenvalue weighted by Gasteiger charge is 2.22. The van der Waals surface area contributed by atoms with Gasteiger partial charge in [0.1, 0.15) is 12.4 Å². The van der Waals surface area contributed by atoms with Crippen LogP contribution in [0.25, 0.3) is 10.9 Å². The quantitative estimate of drug-likeness (QED) is 0.829. The largest absolute Gasteiger partial charge is 0.489 e. The molecule has 7 heteroatoms. The lowest BCUT2D eigenvalue weighted by molar-refractivity contribution is 0.367. The number of ether oxygens (including phenoxy) is 1. The standard InChI is InChI=1S/C11H13N3O3S/c1-3-7-17-9-6-4-5-8-10(9)11(14(2)13-8)18(12,15)16/h3-6H,1,7H2,2H3,(H2,12,15,16). The van der Waals surface area contributed by atoms with Gasteiger partial charge in [0.15, 0.2) is 5.03 Å². The number of nitrogens with zero attached hydrogens (tertiary/aromatic N) is 2. The van der Waals surface area contributed by atoms with Gasteiger partial charge in [-0.25, -0.2) is 13.6 Å². The minimum Gasteiger partial charge on any atom is -0.489 e. The van der Waals surface area contributed by atoms with E-state index in [4.69, 9.17) is 9.88 Å². The fourth-order valence-electron chi connectivity index (χ4n) is 1.78. The molecule has 96 valence electrons. The summed E-state index contributed by atoms with van der Waals surface area (Å²) in [4.78, 5) is 0. The number of benzene rings is 1. The molecule has 0 aliphatic carbocycles. The number of fused-ring (bicyclic) bond motifs is 1. The lowest BCUT2D eigenvalue weighted by atomic mass is 10.2. The molecule has 0 aliphatic rings. The fourth-order valence-corrected chi connectivity index (χ4v) is 2.68. The summed E-state index contributed by atoms with van der Waals surface area (Å²) in [5.41, 5.74) is 0.517. The number of sulfonamides is 1. The van der Waals surface area contributed by atoms with Crippen LogP contribution in [0.2, 0.25) is 0 Å². The summed E-state index contributed by atoms with van der Waals surface area (Å²) >= 11 is 0. The average Bonchev–Trinajstić information content (AvgIpc) is 2.62. The van der Waals surface area contributed by atoms with Gasteiger partial charge in [0, 0.05) is 7.05 Å². The van der Waals surface area contributed by atoms with Crippen molar-refractivity contribution in [3.8, 4) is 5.75 Å². The Kier molecular flexibility index (Phi) is 3.10. The zero-order valence-corrected chi connectivity index (χ0v) is 10.6. The second-order valence-electron chi connectivity index (χ2n) is 3.72. The minimum atomic E-state index is -3.87. The number of aryl methyl sites for hydroxylation is 1. The third kappa shape index (κ3) is 2.09. The maximum Gasteiger partial charge on any atom is 0.255 e. The van der Waals surface area contributed by atoms with Gasteiger partial charge < -0.3 is 4.74 Å². The highest BCUT2D eigenvalue weighted by Crippen LogP contribution is 2.30. The van der Waals surface area contributed by atoms with E-state index in [2.05, 4.69) is 11.7 Å². The van der Waals surface area contributed by atoms with Crippen molar-refractivity contribution >= 4 is 20.9 Å². The van der Waals surface area contributed by atoms with E-state index in [1.807, 2.05) is 0 Å². The maximum atomic E-state index is 11.6. The van der Waals surface area contributed by atoms with E-state index < -0.39 is 10.0 Å². The summed E-state index contributed by atoms with van der Waals surface area (Å²) in [7, 11) is -2.34. The van der Waals surface area contributed by atoms with Gasteiger partial charge in [0.05, 0.1) is 10.9 Å². The molecule has 1 aromatic heterocycles. The Morgan fingerprint density at radius 2 is 2.28 bits per heavy atom. The number of rotatable bonds is 4. The van der Waals surface area contributed by atoms with Crippen molar-refractivity contribution in [1.29, 1.82) is 0 Å². The van der Waals surface area contributed by atoms with Gasteiger partial charge in [0.25, 0.3) is 10.0 Å². The number of nitrogens with two attached hydrogens (primary N) is 1. The third-order valence-corrected chi connectivity index (χ3v) is 3.40. The molecule has 0 radical (unpaired) electrons. The monoisotopic (exact) mass is 267 g/mol. The highest BCUT2D eigenvalue weighted by molar-refractivity contribution is 7.89. The predicted octanol–water partition coefficient (Wildman–Crippen LogP) is 0.786. The second kappa shape index (κ2) is 4.43. The molecular formula is C11H13N3O3S. The maximum absolute atomic E-state index is 11.6. The first-order chi connectivity index (χ1) is 8.45. The van der Waals surface area contributed by atoms with Crippen LogP contribution in [0.4, 0.5) is 0 Å². The Labute approximate surface area is 105 Å². The Bertz CT molecular complexity index is 704. The molecule has 0 bridgehead atoms. The molecular weight excluding hydrogens is 254 g/mol. The van der Waals surface area contributed by atoms with Crippen LogP contribution in [-0.2, 0) is 17.1 Å². The number of hydrogen-bond donors (Lipinski definition) is 1. The zero-order valence-electron chi connectivity index (χ0n) is 9.83. The molecule has 0 aliphatic heterocycles. The molecule has 2 N–H and O–H groups in total. The molecule has 6 nitrogen and oxygen atoms in total. The van der Waals surface area contributed by atoms with Crippen molar-refractivity contribution in [1.82, 2.24) is 9.78 Å². The smallest absolute Gasteiger partial charge is 0.255 e. The summed E-state index contributed by atoms with van der Waals surface area (Å²) in [6.07, 6.45) is 1.58. The molecule has 1 heterocycles. The van der Waals surface area contributed by atoms with Crippen LogP contribution < -0.4 is 9.88 Å². The highest BCUT2D eigenvalue weighted by atomic mass is 32.2. The van der Waals surface area contributed by atoms with Crippen LogP contribution in [0, 0.1) is 0 Å². The molecule has 1 aromatic carbocycles. The van der Waals surface area contributed by atoms with Crippen LogP contribution in [0.3, 0.4) is 0 Å². The molecule has 0 spiro atoms. The van der Waals surface area contributed by atoms with Crippen molar-refractivity contribution in [2.45, 2.75) is 5.03 Å². The van der Waals surface area contributed by atoms with E-state index in [1.54, 1.807) is 24.3 Å².